The number of carbonyl (C=O) groups is 2. The van der Waals surface area contributed by atoms with Crippen molar-refractivity contribution in [1.29, 1.82) is 0 Å². The second-order valence-electron chi connectivity index (χ2n) is 7.91. The van der Waals surface area contributed by atoms with Gasteiger partial charge in [-0.3, -0.25) is 9.59 Å². The number of anilines is 2. The van der Waals surface area contributed by atoms with Gasteiger partial charge >= 0.3 is 0 Å². The highest BCUT2D eigenvalue weighted by Crippen LogP contribution is 2.30. The van der Waals surface area contributed by atoms with Gasteiger partial charge in [-0.1, -0.05) is 18.2 Å². The lowest BCUT2D eigenvalue weighted by Gasteiger charge is -2.26. The zero-order chi connectivity index (χ0) is 24.7. The SMILES string of the molecule is COc1ccc(NC(=O)CNc2ccccc2CC(=O)N(C)C)cc1S(=O)(=O)N1CCOCC1. The standard InChI is InChI=1S/C23H30N4O6S/c1-26(2)23(29)14-17-6-4-5-7-19(17)24-16-22(28)25-18-8-9-20(32-3)21(15-18)34(30,31)27-10-12-33-13-11-27/h4-9,15,24H,10-14,16H2,1-3H3,(H,25,28). The van der Waals surface area contributed by atoms with Crippen LogP contribution in [0, 0.1) is 0 Å². The molecule has 2 aromatic carbocycles. The molecule has 1 saturated heterocycles. The van der Waals surface area contributed by atoms with E-state index in [1.54, 1.807) is 26.2 Å². The molecule has 0 aromatic heterocycles. The Labute approximate surface area is 199 Å². The minimum atomic E-state index is -3.82. The van der Waals surface area contributed by atoms with Gasteiger partial charge in [0, 0.05) is 38.6 Å². The lowest BCUT2D eigenvalue weighted by atomic mass is 10.1. The number of morpholine rings is 1. The third-order valence-corrected chi connectivity index (χ3v) is 7.25. The van der Waals surface area contributed by atoms with E-state index in [-0.39, 0.29) is 48.5 Å². The van der Waals surface area contributed by atoms with Gasteiger partial charge < -0.3 is 25.0 Å². The Balaban J connectivity index is 1.70. The molecular weight excluding hydrogens is 460 g/mol. The van der Waals surface area contributed by atoms with Crippen molar-refractivity contribution >= 4 is 33.2 Å². The molecule has 3 rings (SSSR count). The average molecular weight is 491 g/mol. The molecule has 0 unspecified atom stereocenters. The molecule has 2 N–H and O–H groups in total. The van der Waals surface area contributed by atoms with Gasteiger partial charge in [-0.05, 0) is 29.8 Å². The first-order valence-electron chi connectivity index (χ1n) is 10.8. The summed E-state index contributed by atoms with van der Waals surface area (Å²) in [6.45, 7) is 1.09. The van der Waals surface area contributed by atoms with Crippen molar-refractivity contribution in [1.82, 2.24) is 9.21 Å². The van der Waals surface area contributed by atoms with E-state index in [1.165, 1.54) is 28.4 Å². The van der Waals surface area contributed by atoms with E-state index in [0.29, 0.717) is 24.6 Å². The molecule has 1 heterocycles. The molecule has 34 heavy (non-hydrogen) atoms. The van der Waals surface area contributed by atoms with Crippen LogP contribution in [0.1, 0.15) is 5.56 Å². The lowest BCUT2D eigenvalue weighted by molar-refractivity contribution is -0.127. The van der Waals surface area contributed by atoms with Crippen LogP contribution in [0.2, 0.25) is 0 Å². The molecule has 0 aliphatic carbocycles. The summed E-state index contributed by atoms with van der Waals surface area (Å²) in [5.74, 6) is -0.221. The van der Waals surface area contributed by atoms with E-state index in [9.17, 15) is 18.0 Å². The van der Waals surface area contributed by atoms with E-state index < -0.39 is 10.0 Å². The van der Waals surface area contributed by atoms with Gasteiger partial charge in [-0.25, -0.2) is 8.42 Å². The number of hydrogen-bond acceptors (Lipinski definition) is 7. The predicted molar refractivity (Wildman–Crippen MR) is 129 cm³/mol. The van der Waals surface area contributed by atoms with E-state index in [2.05, 4.69) is 10.6 Å². The number of ether oxygens (including phenoxy) is 2. The Morgan fingerprint density at radius 1 is 1.12 bits per heavy atom. The second-order valence-corrected chi connectivity index (χ2v) is 9.81. The molecule has 1 fully saturated rings. The van der Waals surface area contributed by atoms with Crippen molar-refractivity contribution < 1.29 is 27.5 Å². The van der Waals surface area contributed by atoms with Crippen LogP contribution in [0.4, 0.5) is 11.4 Å². The highest BCUT2D eigenvalue weighted by Gasteiger charge is 2.29. The summed E-state index contributed by atoms with van der Waals surface area (Å²) in [6, 6.07) is 11.8. The highest BCUT2D eigenvalue weighted by molar-refractivity contribution is 7.89. The maximum Gasteiger partial charge on any atom is 0.246 e. The number of amides is 2. The van der Waals surface area contributed by atoms with Crippen LogP contribution < -0.4 is 15.4 Å². The monoisotopic (exact) mass is 490 g/mol. The van der Waals surface area contributed by atoms with Gasteiger partial charge in [0.2, 0.25) is 21.8 Å². The van der Waals surface area contributed by atoms with Crippen molar-refractivity contribution in [3.63, 3.8) is 0 Å². The zero-order valence-corrected chi connectivity index (χ0v) is 20.4. The largest absolute Gasteiger partial charge is 0.495 e. The number of nitrogens with zero attached hydrogens (tertiary/aromatic N) is 2. The Morgan fingerprint density at radius 3 is 2.50 bits per heavy atom. The van der Waals surface area contributed by atoms with Gasteiger partial charge in [-0.2, -0.15) is 4.31 Å². The minimum Gasteiger partial charge on any atom is -0.495 e. The van der Waals surface area contributed by atoms with Crippen LogP contribution >= 0.6 is 0 Å². The minimum absolute atomic E-state index is 0.0183. The lowest BCUT2D eigenvalue weighted by Crippen LogP contribution is -2.40. The predicted octanol–water partition coefficient (Wildman–Crippen LogP) is 1.40. The van der Waals surface area contributed by atoms with Crippen LogP contribution in [0.25, 0.3) is 0 Å². The fraction of sp³-hybridized carbons (Fsp3) is 0.391. The van der Waals surface area contributed by atoms with Gasteiger partial charge in [-0.15, -0.1) is 0 Å². The summed E-state index contributed by atoms with van der Waals surface area (Å²) in [5.41, 5.74) is 1.78. The van der Waals surface area contributed by atoms with Crippen molar-refractivity contribution in [2.45, 2.75) is 11.3 Å². The third kappa shape index (κ3) is 6.25. The fourth-order valence-corrected chi connectivity index (χ4v) is 5.02. The Hall–Kier alpha value is -3.15. The van der Waals surface area contributed by atoms with E-state index >= 15 is 0 Å². The maximum absolute atomic E-state index is 13.1. The quantitative estimate of drug-likeness (QED) is 0.546. The first kappa shape index (κ1) is 25.5. The molecule has 0 bridgehead atoms. The topological polar surface area (TPSA) is 117 Å². The van der Waals surface area contributed by atoms with E-state index in [0.717, 1.165) is 5.56 Å². The van der Waals surface area contributed by atoms with Gasteiger partial charge in [0.25, 0.3) is 0 Å². The fourth-order valence-electron chi connectivity index (χ4n) is 3.43. The number of likely N-dealkylation sites (N-methyl/N-ethyl adjacent to an activating group) is 1. The van der Waals surface area contributed by atoms with Crippen LogP contribution in [-0.2, 0) is 30.8 Å². The third-order valence-electron chi connectivity index (χ3n) is 5.33. The molecule has 184 valence electrons. The second kappa shape index (κ2) is 11.3. The summed E-state index contributed by atoms with van der Waals surface area (Å²) < 4.78 is 38.1. The van der Waals surface area contributed by atoms with Crippen LogP contribution in [0.5, 0.6) is 5.75 Å². The number of methoxy groups -OCH3 is 1. The zero-order valence-electron chi connectivity index (χ0n) is 19.5. The number of nitrogens with one attached hydrogen (secondary N) is 2. The smallest absolute Gasteiger partial charge is 0.246 e. The molecule has 2 aromatic rings. The Morgan fingerprint density at radius 2 is 1.82 bits per heavy atom. The van der Waals surface area contributed by atoms with Gasteiger partial charge in [0.15, 0.2) is 0 Å². The number of hydrogen-bond donors (Lipinski definition) is 2. The summed E-state index contributed by atoms with van der Waals surface area (Å²) in [6.07, 6.45) is 0.207. The number of carbonyl (C=O) groups excluding carboxylic acids is 2. The van der Waals surface area contributed by atoms with Gasteiger partial charge in [0.05, 0.1) is 33.3 Å². The highest BCUT2D eigenvalue weighted by atomic mass is 32.2. The van der Waals surface area contributed by atoms with Crippen LogP contribution in [0.15, 0.2) is 47.4 Å². The molecule has 0 saturated carbocycles. The maximum atomic E-state index is 13.1. The van der Waals surface area contributed by atoms with Crippen LogP contribution in [-0.4, -0.2) is 83.5 Å². The van der Waals surface area contributed by atoms with E-state index in [4.69, 9.17) is 9.47 Å². The first-order chi connectivity index (χ1) is 16.2. The van der Waals surface area contributed by atoms with E-state index in [1.807, 2.05) is 18.2 Å². The van der Waals surface area contributed by atoms with Crippen molar-refractivity contribution in [2.75, 3.05) is 64.7 Å². The molecule has 0 spiro atoms. The van der Waals surface area contributed by atoms with Gasteiger partial charge in [0.1, 0.15) is 10.6 Å². The van der Waals surface area contributed by atoms with Crippen molar-refractivity contribution in [3.8, 4) is 5.75 Å². The number of benzene rings is 2. The number of sulfonamides is 1. The normalized spacial score (nSPS) is 14.3. The summed E-state index contributed by atoms with van der Waals surface area (Å²) in [7, 11) is 0.957. The molecule has 0 radical (unpaired) electrons. The molecule has 10 nitrogen and oxygen atoms in total. The molecule has 1 aliphatic heterocycles. The molecule has 2 amide bonds. The summed E-state index contributed by atoms with van der Waals surface area (Å²) in [4.78, 5) is 26.2. The average Bonchev–Trinajstić information content (AvgIpc) is 2.84. The molecule has 0 atom stereocenters. The first-order valence-corrected chi connectivity index (χ1v) is 12.2. The van der Waals surface area contributed by atoms with Crippen LogP contribution in [0.3, 0.4) is 0 Å². The van der Waals surface area contributed by atoms with Crippen molar-refractivity contribution in [2.24, 2.45) is 0 Å². The number of rotatable bonds is 9. The summed E-state index contributed by atoms with van der Waals surface area (Å²) >= 11 is 0. The van der Waals surface area contributed by atoms with Crippen molar-refractivity contribution in [3.05, 3.63) is 48.0 Å². The Bertz CT molecular complexity index is 1130. The molecular formula is C23H30N4O6S. The molecule has 11 heteroatoms. The number of para-hydroxylation sites is 1. The summed E-state index contributed by atoms with van der Waals surface area (Å²) in [5, 5.41) is 5.77. The molecule has 1 aliphatic rings. The Kier molecular flexibility index (Phi) is 8.48.